The lowest BCUT2D eigenvalue weighted by Gasteiger charge is -2.42. The fourth-order valence-electron chi connectivity index (χ4n) is 2.85. The fourth-order valence-corrected chi connectivity index (χ4v) is 3.76. The van der Waals surface area contributed by atoms with E-state index in [-0.39, 0.29) is 11.7 Å². The van der Waals surface area contributed by atoms with E-state index < -0.39 is 17.7 Å². The minimum absolute atomic E-state index is 0.104. The highest BCUT2D eigenvalue weighted by atomic mass is 35.5. The minimum atomic E-state index is -0.997. The molecule has 132 valence electrons. The molecule has 0 saturated carbocycles. The van der Waals surface area contributed by atoms with Crippen LogP contribution in [0.4, 0.5) is 0 Å². The molecule has 0 bridgehead atoms. The first-order valence-electron chi connectivity index (χ1n) is 7.76. The van der Waals surface area contributed by atoms with E-state index in [4.69, 9.17) is 16.3 Å². The van der Waals surface area contributed by atoms with Gasteiger partial charge in [0, 0.05) is 11.1 Å². The maximum Gasteiger partial charge on any atom is 0.254 e. The maximum atomic E-state index is 12.6. The number of carbonyl (C=O) groups is 2. The number of amides is 1. The highest BCUT2D eigenvalue weighted by Gasteiger charge is 2.44. The normalized spacial score (nSPS) is 21.2. The first-order chi connectivity index (χ1) is 11.7. The molecule has 0 fully saturated rings. The molecule has 0 saturated heterocycles. The summed E-state index contributed by atoms with van der Waals surface area (Å²) in [5.41, 5.74) is 0.509. The van der Waals surface area contributed by atoms with Gasteiger partial charge < -0.3 is 15.2 Å². The number of aliphatic hydroxyl groups excluding tert-OH is 1. The van der Waals surface area contributed by atoms with Crippen LogP contribution in [0.3, 0.4) is 0 Å². The summed E-state index contributed by atoms with van der Waals surface area (Å²) in [6.07, 6.45) is -0.997. The lowest BCUT2D eigenvalue weighted by molar-refractivity contribution is -0.0627. The van der Waals surface area contributed by atoms with Gasteiger partial charge in [-0.3, -0.25) is 9.59 Å². The van der Waals surface area contributed by atoms with Gasteiger partial charge in [0.05, 0.1) is 11.6 Å². The van der Waals surface area contributed by atoms with Crippen molar-refractivity contribution < 1.29 is 19.4 Å². The van der Waals surface area contributed by atoms with Gasteiger partial charge in [-0.2, -0.15) is 0 Å². The van der Waals surface area contributed by atoms with Crippen molar-refractivity contribution in [2.75, 3.05) is 0 Å². The Morgan fingerprint density at radius 1 is 1.32 bits per heavy atom. The van der Waals surface area contributed by atoms with Crippen molar-refractivity contribution in [3.8, 4) is 5.75 Å². The van der Waals surface area contributed by atoms with Crippen LogP contribution in [0, 0.1) is 0 Å². The number of halogens is 1. The van der Waals surface area contributed by atoms with Crippen molar-refractivity contribution in [1.82, 2.24) is 5.32 Å². The van der Waals surface area contributed by atoms with Gasteiger partial charge in [0.1, 0.15) is 21.8 Å². The second kappa shape index (κ2) is 6.44. The Kier molecular flexibility index (Phi) is 4.62. The number of ether oxygens (including phenoxy) is 1. The van der Waals surface area contributed by atoms with Gasteiger partial charge in [-0.05, 0) is 50.4 Å². The topological polar surface area (TPSA) is 75.6 Å². The number of nitrogens with one attached hydrogen (secondary N) is 1. The zero-order valence-corrected chi connectivity index (χ0v) is 15.6. The third-order valence-electron chi connectivity index (χ3n) is 4.30. The van der Waals surface area contributed by atoms with Crippen molar-refractivity contribution in [3.05, 3.63) is 50.7 Å². The second-order valence-corrected chi connectivity index (χ2v) is 8.04. The van der Waals surface area contributed by atoms with E-state index >= 15 is 0 Å². The molecule has 0 aliphatic carbocycles. The highest BCUT2D eigenvalue weighted by molar-refractivity contribution is 7.14. The molecular weight excluding hydrogens is 362 g/mol. The van der Waals surface area contributed by atoms with E-state index in [2.05, 4.69) is 5.32 Å². The lowest BCUT2D eigenvalue weighted by Crippen LogP contribution is -2.53. The second-order valence-electron chi connectivity index (χ2n) is 6.52. The molecule has 0 unspecified atom stereocenters. The summed E-state index contributed by atoms with van der Waals surface area (Å²) in [7, 11) is 0. The summed E-state index contributed by atoms with van der Waals surface area (Å²) in [5, 5.41) is 15.3. The van der Waals surface area contributed by atoms with Gasteiger partial charge in [-0.15, -0.1) is 11.3 Å². The number of hydrogen-bond acceptors (Lipinski definition) is 5. The Bertz CT molecular complexity index is 845. The van der Waals surface area contributed by atoms with Crippen LogP contribution in [0.5, 0.6) is 5.75 Å². The first kappa shape index (κ1) is 17.9. The molecule has 5 nitrogen and oxygen atoms in total. The molecule has 3 rings (SSSR count). The summed E-state index contributed by atoms with van der Waals surface area (Å²) in [5.74, 6) is 0.0438. The van der Waals surface area contributed by atoms with E-state index in [0.717, 1.165) is 0 Å². The van der Waals surface area contributed by atoms with Crippen LogP contribution in [0.2, 0.25) is 4.34 Å². The van der Waals surface area contributed by atoms with E-state index in [1.54, 1.807) is 43.5 Å². The number of fused-ring (bicyclic) bond motifs is 1. The van der Waals surface area contributed by atoms with Gasteiger partial charge in [-0.25, -0.2) is 0 Å². The molecular formula is C18H18ClNO4S. The van der Waals surface area contributed by atoms with Crippen molar-refractivity contribution in [2.45, 2.75) is 38.5 Å². The van der Waals surface area contributed by atoms with Crippen LogP contribution in [0.15, 0.2) is 29.6 Å². The number of thiophene rings is 1. The van der Waals surface area contributed by atoms with E-state index in [1.807, 2.05) is 0 Å². The predicted molar refractivity (Wildman–Crippen MR) is 96.7 cm³/mol. The number of ketones is 1. The van der Waals surface area contributed by atoms with Gasteiger partial charge in [0.15, 0.2) is 5.78 Å². The van der Waals surface area contributed by atoms with Crippen LogP contribution in [-0.2, 0) is 0 Å². The lowest BCUT2D eigenvalue weighted by atomic mass is 9.85. The first-order valence-corrected chi connectivity index (χ1v) is 9.02. The quantitative estimate of drug-likeness (QED) is 0.799. The van der Waals surface area contributed by atoms with Crippen LogP contribution < -0.4 is 10.1 Å². The zero-order valence-electron chi connectivity index (χ0n) is 14.0. The monoisotopic (exact) mass is 379 g/mol. The van der Waals surface area contributed by atoms with Gasteiger partial charge in [0.2, 0.25) is 0 Å². The van der Waals surface area contributed by atoms with Crippen molar-refractivity contribution in [2.24, 2.45) is 0 Å². The zero-order chi connectivity index (χ0) is 18.4. The number of benzene rings is 1. The third-order valence-corrected chi connectivity index (χ3v) is 5.47. The number of carbonyl (C=O) groups excluding carboxylic acids is 2. The van der Waals surface area contributed by atoms with Crippen LogP contribution in [-0.4, -0.2) is 28.5 Å². The summed E-state index contributed by atoms with van der Waals surface area (Å²) in [4.78, 5) is 24.3. The Morgan fingerprint density at radius 2 is 2.04 bits per heavy atom. The molecule has 1 aliphatic heterocycles. The van der Waals surface area contributed by atoms with E-state index in [9.17, 15) is 14.7 Å². The molecule has 1 aromatic heterocycles. The van der Waals surface area contributed by atoms with E-state index in [0.29, 0.717) is 26.8 Å². The Balaban J connectivity index is 2.02. The largest absolute Gasteiger partial charge is 0.485 e. The molecule has 2 N–H and O–H groups in total. The molecule has 2 heterocycles. The molecule has 1 aromatic carbocycles. The molecule has 25 heavy (non-hydrogen) atoms. The Labute approximate surface area is 154 Å². The number of rotatable bonds is 3. The minimum Gasteiger partial charge on any atom is -0.485 e. The molecule has 7 heteroatoms. The van der Waals surface area contributed by atoms with Crippen molar-refractivity contribution >= 4 is 34.6 Å². The molecule has 2 aromatic rings. The summed E-state index contributed by atoms with van der Waals surface area (Å²) in [6, 6.07) is 5.92. The van der Waals surface area contributed by atoms with Crippen LogP contribution in [0.1, 0.15) is 53.1 Å². The number of hydrogen-bond donors (Lipinski definition) is 2. The Morgan fingerprint density at radius 3 is 2.64 bits per heavy atom. The standard InChI is InChI=1S/C18H18ClNO4S/c1-9(21)10-4-5-13-12(8-10)14(15(22)18(2,3)24-13)20-17(23)11-6-7-25-16(11)19/h4-8,14-15,22H,1-3H3,(H,20,23)/t14-,15-/m0/s1. The SMILES string of the molecule is CC(=O)c1ccc2c(c1)[C@H](NC(=O)c1ccsc1Cl)[C@H](O)C(C)(C)O2. The van der Waals surface area contributed by atoms with Crippen molar-refractivity contribution in [3.63, 3.8) is 0 Å². The number of aliphatic hydroxyl groups is 1. The van der Waals surface area contributed by atoms with E-state index in [1.165, 1.54) is 18.3 Å². The molecule has 1 amide bonds. The van der Waals surface area contributed by atoms with Crippen LogP contribution >= 0.6 is 22.9 Å². The summed E-state index contributed by atoms with van der Waals surface area (Å²) >= 11 is 7.30. The maximum absolute atomic E-state index is 12.6. The average Bonchev–Trinajstić information content (AvgIpc) is 2.97. The van der Waals surface area contributed by atoms with Gasteiger partial charge in [0.25, 0.3) is 5.91 Å². The molecule has 2 atom stereocenters. The highest BCUT2D eigenvalue weighted by Crippen LogP contribution is 2.40. The molecule has 1 aliphatic rings. The van der Waals surface area contributed by atoms with Gasteiger partial charge in [-0.1, -0.05) is 11.6 Å². The van der Waals surface area contributed by atoms with Crippen LogP contribution in [0.25, 0.3) is 0 Å². The summed E-state index contributed by atoms with van der Waals surface area (Å²) in [6.45, 7) is 4.96. The third kappa shape index (κ3) is 3.29. The van der Waals surface area contributed by atoms with Crippen molar-refractivity contribution in [1.29, 1.82) is 0 Å². The molecule has 0 spiro atoms. The smallest absolute Gasteiger partial charge is 0.254 e. The summed E-state index contributed by atoms with van der Waals surface area (Å²) < 4.78 is 6.24. The Hall–Kier alpha value is -1.89. The fraction of sp³-hybridized carbons (Fsp3) is 0.333. The molecule has 0 radical (unpaired) electrons. The van der Waals surface area contributed by atoms with Gasteiger partial charge >= 0.3 is 0 Å². The number of Topliss-reactive ketones (excluding diaryl/α,β-unsaturated/α-hetero) is 1. The predicted octanol–water partition coefficient (Wildman–Crippen LogP) is 3.61. The average molecular weight is 380 g/mol.